The zero-order chi connectivity index (χ0) is 26.0. The normalized spacial score (nSPS) is 14.5. The van der Waals surface area contributed by atoms with Crippen molar-refractivity contribution < 1.29 is 29.4 Å². The first-order valence-electron chi connectivity index (χ1n) is 10.9. The molecular formula is C22H31N5O6S2. The van der Waals surface area contributed by atoms with E-state index in [0.29, 0.717) is 5.75 Å². The number of aromatic amines is 1. The van der Waals surface area contributed by atoms with Gasteiger partial charge in [0.25, 0.3) is 0 Å². The zero-order valence-corrected chi connectivity index (χ0v) is 20.9. The molecule has 192 valence electrons. The van der Waals surface area contributed by atoms with Crippen LogP contribution in [0.1, 0.15) is 12.0 Å². The van der Waals surface area contributed by atoms with E-state index in [0.717, 1.165) is 16.5 Å². The monoisotopic (exact) mass is 525 g/mol. The van der Waals surface area contributed by atoms with Gasteiger partial charge >= 0.3 is 5.97 Å². The molecule has 1 aromatic carbocycles. The standard InChI is InChI=1S/C22H31N5O6S2/c1-35-7-6-16(22(32)33)25-21(31)18(10-28)27-20(30)17(26-19(29)14(23)11-34)8-12-9-24-15-5-3-2-4-13(12)15/h2-5,9,14,16-18,24,28,34H,6-8,10-11,23H2,1H3,(H,25,31)(H,26,29)(H,27,30)(H,32,33). The maximum absolute atomic E-state index is 13.1. The number of hydrogen-bond donors (Lipinski definition) is 8. The Hall–Kier alpha value is -2.74. The maximum atomic E-state index is 13.1. The van der Waals surface area contributed by atoms with Crippen LogP contribution in [0.2, 0.25) is 0 Å². The highest BCUT2D eigenvalue weighted by Crippen LogP contribution is 2.19. The summed E-state index contributed by atoms with van der Waals surface area (Å²) in [5.74, 6) is -2.86. The lowest BCUT2D eigenvalue weighted by atomic mass is 10.0. The number of nitrogens with one attached hydrogen (secondary N) is 4. The molecule has 0 bridgehead atoms. The lowest BCUT2D eigenvalue weighted by Crippen LogP contribution is -2.58. The van der Waals surface area contributed by atoms with Crippen LogP contribution < -0.4 is 21.7 Å². The molecule has 0 saturated carbocycles. The fourth-order valence-corrected chi connectivity index (χ4v) is 3.96. The van der Waals surface area contributed by atoms with Gasteiger partial charge in [0.2, 0.25) is 17.7 Å². The molecule has 0 aliphatic carbocycles. The molecule has 35 heavy (non-hydrogen) atoms. The number of thiol groups is 1. The van der Waals surface area contributed by atoms with Gasteiger partial charge in [-0.3, -0.25) is 14.4 Å². The predicted octanol–water partition coefficient (Wildman–Crippen LogP) is -0.748. The summed E-state index contributed by atoms with van der Waals surface area (Å²) in [6.07, 6.45) is 3.77. The fourth-order valence-electron chi connectivity index (χ4n) is 3.32. The van der Waals surface area contributed by atoms with Crippen LogP contribution in [0.5, 0.6) is 0 Å². The molecule has 2 rings (SSSR count). The van der Waals surface area contributed by atoms with E-state index in [1.807, 2.05) is 24.3 Å². The van der Waals surface area contributed by atoms with Crippen LogP contribution in [0.25, 0.3) is 10.9 Å². The van der Waals surface area contributed by atoms with E-state index >= 15 is 0 Å². The van der Waals surface area contributed by atoms with Crippen molar-refractivity contribution in [2.75, 3.05) is 24.4 Å². The first-order valence-corrected chi connectivity index (χ1v) is 12.9. The highest BCUT2D eigenvalue weighted by Gasteiger charge is 2.30. The van der Waals surface area contributed by atoms with Crippen molar-refractivity contribution >= 4 is 59.0 Å². The molecule has 4 atom stereocenters. The Labute approximate surface area is 212 Å². The number of benzene rings is 1. The summed E-state index contributed by atoms with van der Waals surface area (Å²) in [6.45, 7) is -0.768. The third kappa shape index (κ3) is 8.16. The summed E-state index contributed by atoms with van der Waals surface area (Å²) in [6, 6.07) is 2.76. The Balaban J connectivity index is 2.19. The third-order valence-electron chi connectivity index (χ3n) is 5.31. The van der Waals surface area contributed by atoms with E-state index in [1.165, 1.54) is 11.8 Å². The maximum Gasteiger partial charge on any atom is 0.326 e. The van der Waals surface area contributed by atoms with Crippen molar-refractivity contribution in [2.45, 2.75) is 37.0 Å². The minimum Gasteiger partial charge on any atom is -0.480 e. The Kier molecular flexibility index (Phi) is 11.4. The molecular weight excluding hydrogens is 494 g/mol. The van der Waals surface area contributed by atoms with Gasteiger partial charge in [0.15, 0.2) is 0 Å². The average molecular weight is 526 g/mol. The Morgan fingerprint density at radius 3 is 2.31 bits per heavy atom. The van der Waals surface area contributed by atoms with Crippen LogP contribution in [0.4, 0.5) is 0 Å². The number of thioether (sulfide) groups is 1. The number of H-pyrrole nitrogens is 1. The second-order valence-corrected chi connectivity index (χ2v) is 9.19. The van der Waals surface area contributed by atoms with Gasteiger partial charge < -0.3 is 36.9 Å². The number of carbonyl (C=O) groups excluding carboxylic acids is 3. The van der Waals surface area contributed by atoms with Gasteiger partial charge in [-0.15, -0.1) is 0 Å². The van der Waals surface area contributed by atoms with Gasteiger partial charge in [0.1, 0.15) is 18.1 Å². The first kappa shape index (κ1) is 28.5. The molecule has 13 heteroatoms. The summed E-state index contributed by atoms with van der Waals surface area (Å²) in [5, 5.41) is 27.2. The number of aliphatic hydroxyl groups is 1. The number of carbonyl (C=O) groups is 4. The number of aliphatic hydroxyl groups excluding tert-OH is 1. The molecule has 3 amide bonds. The van der Waals surface area contributed by atoms with E-state index in [1.54, 1.807) is 12.5 Å². The summed E-state index contributed by atoms with van der Waals surface area (Å²) >= 11 is 5.43. The second kappa shape index (κ2) is 14.0. The highest BCUT2D eigenvalue weighted by atomic mass is 32.2. The minimum absolute atomic E-state index is 0.0571. The minimum atomic E-state index is -1.42. The molecule has 0 fully saturated rings. The zero-order valence-electron chi connectivity index (χ0n) is 19.2. The number of fused-ring (bicyclic) bond motifs is 1. The van der Waals surface area contributed by atoms with Crippen LogP contribution in [-0.4, -0.2) is 87.4 Å². The summed E-state index contributed by atoms with van der Waals surface area (Å²) in [4.78, 5) is 52.7. The number of carboxylic acid groups (broad SMARTS) is 1. The SMILES string of the molecule is CSCCC(NC(=O)C(CO)NC(=O)C(Cc1c[nH]c2ccccc12)NC(=O)C(N)CS)C(=O)O. The van der Waals surface area contributed by atoms with Gasteiger partial charge in [0.05, 0.1) is 12.6 Å². The van der Waals surface area contributed by atoms with Crippen LogP contribution >= 0.6 is 24.4 Å². The van der Waals surface area contributed by atoms with E-state index in [-0.39, 0.29) is 18.6 Å². The summed E-state index contributed by atoms with van der Waals surface area (Å²) in [5.41, 5.74) is 7.33. The fraction of sp³-hybridized carbons (Fsp3) is 0.455. The largest absolute Gasteiger partial charge is 0.480 e. The van der Waals surface area contributed by atoms with E-state index in [2.05, 4.69) is 33.6 Å². The van der Waals surface area contributed by atoms with Crippen molar-refractivity contribution in [3.63, 3.8) is 0 Å². The van der Waals surface area contributed by atoms with Crippen molar-refractivity contribution in [3.8, 4) is 0 Å². The van der Waals surface area contributed by atoms with Crippen LogP contribution in [0, 0.1) is 0 Å². The van der Waals surface area contributed by atoms with Gasteiger partial charge in [0, 0.05) is 29.3 Å². The first-order chi connectivity index (χ1) is 16.7. The second-order valence-electron chi connectivity index (χ2n) is 7.84. The van der Waals surface area contributed by atoms with Crippen molar-refractivity contribution in [3.05, 3.63) is 36.0 Å². The molecule has 1 heterocycles. The van der Waals surface area contributed by atoms with E-state index in [9.17, 15) is 29.4 Å². The van der Waals surface area contributed by atoms with E-state index < -0.39 is 54.5 Å². The molecule has 1 aromatic heterocycles. The number of aromatic nitrogens is 1. The Bertz CT molecular complexity index is 1030. The van der Waals surface area contributed by atoms with Crippen molar-refractivity contribution in [1.82, 2.24) is 20.9 Å². The van der Waals surface area contributed by atoms with Crippen molar-refractivity contribution in [1.29, 1.82) is 0 Å². The number of aliphatic carboxylic acids is 1. The van der Waals surface area contributed by atoms with Gasteiger partial charge in [-0.25, -0.2) is 4.79 Å². The molecule has 11 nitrogen and oxygen atoms in total. The number of nitrogens with two attached hydrogens (primary N) is 1. The van der Waals surface area contributed by atoms with E-state index in [4.69, 9.17) is 5.73 Å². The van der Waals surface area contributed by atoms with Crippen molar-refractivity contribution in [2.24, 2.45) is 5.73 Å². The highest BCUT2D eigenvalue weighted by molar-refractivity contribution is 7.98. The molecule has 4 unspecified atom stereocenters. The number of hydrogen-bond acceptors (Lipinski definition) is 8. The number of carboxylic acids is 1. The lowest BCUT2D eigenvalue weighted by Gasteiger charge is -2.24. The number of amides is 3. The third-order valence-corrected chi connectivity index (χ3v) is 6.34. The molecule has 0 saturated heterocycles. The molecule has 0 aliphatic heterocycles. The summed E-state index contributed by atoms with van der Waals surface area (Å²) in [7, 11) is 0. The van der Waals surface area contributed by atoms with Gasteiger partial charge in [-0.05, 0) is 30.1 Å². The molecule has 0 radical (unpaired) electrons. The van der Waals surface area contributed by atoms with Crippen LogP contribution in [0.3, 0.4) is 0 Å². The predicted molar refractivity (Wildman–Crippen MR) is 137 cm³/mol. The number of para-hydroxylation sites is 1. The Morgan fingerprint density at radius 2 is 1.69 bits per heavy atom. The van der Waals surface area contributed by atoms with Gasteiger partial charge in [-0.1, -0.05) is 18.2 Å². The number of rotatable bonds is 14. The van der Waals surface area contributed by atoms with Crippen LogP contribution in [0.15, 0.2) is 30.5 Å². The van der Waals surface area contributed by atoms with Crippen LogP contribution in [-0.2, 0) is 25.6 Å². The topological polar surface area (TPSA) is 187 Å². The molecule has 0 spiro atoms. The molecule has 2 aromatic rings. The summed E-state index contributed by atoms with van der Waals surface area (Å²) < 4.78 is 0. The molecule has 0 aliphatic rings. The molecule has 8 N–H and O–H groups in total. The lowest BCUT2D eigenvalue weighted by molar-refractivity contribution is -0.142. The average Bonchev–Trinajstić information content (AvgIpc) is 3.26. The smallest absolute Gasteiger partial charge is 0.326 e. The Morgan fingerprint density at radius 1 is 1.06 bits per heavy atom. The quantitative estimate of drug-likeness (QED) is 0.148. The van der Waals surface area contributed by atoms with Gasteiger partial charge in [-0.2, -0.15) is 24.4 Å².